The highest BCUT2D eigenvalue weighted by molar-refractivity contribution is 7.79. The van der Waals surface area contributed by atoms with Gasteiger partial charge >= 0.3 is 6.09 Å². The van der Waals surface area contributed by atoms with E-state index in [1.54, 1.807) is 0 Å². The van der Waals surface area contributed by atoms with E-state index in [9.17, 15) is 4.79 Å². The zero-order valence-electron chi connectivity index (χ0n) is 18.8. The van der Waals surface area contributed by atoms with Crippen LogP contribution in [0.4, 0.5) is 16.2 Å². The minimum Gasteiger partial charge on any atom is -0.448 e. The Morgan fingerprint density at radius 3 is 2.21 bits per heavy atom. The monoisotopic (exact) mass is 459 g/mol. The van der Waals surface area contributed by atoms with Gasteiger partial charge in [0.2, 0.25) is 0 Å². The smallest absolute Gasteiger partial charge is 0.409 e. The van der Waals surface area contributed by atoms with Gasteiger partial charge in [-0.3, -0.25) is 0 Å². The molecular formula is C27H29N3O2S. The second-order valence-electron chi connectivity index (χ2n) is 8.76. The van der Waals surface area contributed by atoms with E-state index in [1.165, 1.54) is 27.8 Å². The summed E-state index contributed by atoms with van der Waals surface area (Å²) in [7, 11) is 0. The summed E-state index contributed by atoms with van der Waals surface area (Å²) in [5.41, 5.74) is 15.3. The summed E-state index contributed by atoms with van der Waals surface area (Å²) in [5.74, 6) is 0.737. The van der Waals surface area contributed by atoms with E-state index >= 15 is 0 Å². The summed E-state index contributed by atoms with van der Waals surface area (Å²) in [6.45, 7) is 5.22. The molecule has 2 aliphatic rings. The number of fused-ring (bicyclic) bond motifs is 3. The van der Waals surface area contributed by atoms with Crippen molar-refractivity contribution < 1.29 is 9.53 Å². The van der Waals surface area contributed by atoms with E-state index in [-0.39, 0.29) is 12.0 Å². The molecule has 1 aliphatic carbocycles. The summed E-state index contributed by atoms with van der Waals surface area (Å²) >= 11 is 4.43. The SMILES string of the molecule is Cc1c(CS)cc(N)cc1N1CCN(C(=O)OCC2c3ccccc3-c3ccccc32)CC1. The molecule has 1 aliphatic heterocycles. The number of hydrogen-bond acceptors (Lipinski definition) is 5. The number of carbonyl (C=O) groups excluding carboxylic acids is 1. The number of thiol groups is 1. The number of ether oxygens (including phenoxy) is 1. The fourth-order valence-electron chi connectivity index (χ4n) is 5.09. The maximum Gasteiger partial charge on any atom is 0.409 e. The van der Waals surface area contributed by atoms with Crippen LogP contribution in [0.25, 0.3) is 11.1 Å². The Morgan fingerprint density at radius 2 is 1.61 bits per heavy atom. The lowest BCUT2D eigenvalue weighted by Gasteiger charge is -2.36. The first-order valence-electron chi connectivity index (χ1n) is 11.4. The lowest BCUT2D eigenvalue weighted by atomic mass is 9.98. The number of nitrogen functional groups attached to an aromatic ring is 1. The number of anilines is 2. The van der Waals surface area contributed by atoms with Gasteiger partial charge in [0.25, 0.3) is 0 Å². The van der Waals surface area contributed by atoms with Crippen molar-refractivity contribution in [1.29, 1.82) is 0 Å². The van der Waals surface area contributed by atoms with Crippen LogP contribution in [0.2, 0.25) is 0 Å². The van der Waals surface area contributed by atoms with Gasteiger partial charge in [-0.15, -0.1) is 0 Å². The molecule has 0 atom stereocenters. The molecule has 2 N–H and O–H groups in total. The van der Waals surface area contributed by atoms with E-state index in [4.69, 9.17) is 10.5 Å². The number of rotatable bonds is 4. The second-order valence-corrected chi connectivity index (χ2v) is 9.08. The minimum atomic E-state index is -0.239. The molecule has 0 aromatic heterocycles. The van der Waals surface area contributed by atoms with Crippen LogP contribution in [-0.2, 0) is 10.5 Å². The Labute approximate surface area is 200 Å². The van der Waals surface area contributed by atoms with Crippen molar-refractivity contribution in [2.45, 2.75) is 18.6 Å². The van der Waals surface area contributed by atoms with Gasteiger partial charge in [0, 0.05) is 49.2 Å². The number of carbonyl (C=O) groups is 1. The normalized spacial score (nSPS) is 15.3. The summed E-state index contributed by atoms with van der Waals surface area (Å²) < 4.78 is 5.84. The molecule has 0 bridgehead atoms. The molecular weight excluding hydrogens is 430 g/mol. The lowest BCUT2D eigenvalue weighted by Crippen LogP contribution is -2.49. The van der Waals surface area contributed by atoms with E-state index in [1.807, 2.05) is 17.0 Å². The van der Waals surface area contributed by atoms with Gasteiger partial charge in [0.15, 0.2) is 0 Å². The Balaban J connectivity index is 1.23. The molecule has 33 heavy (non-hydrogen) atoms. The maximum absolute atomic E-state index is 12.9. The molecule has 1 heterocycles. The molecule has 0 saturated carbocycles. The topological polar surface area (TPSA) is 58.8 Å². The maximum atomic E-state index is 12.9. The van der Waals surface area contributed by atoms with Crippen molar-refractivity contribution in [2.24, 2.45) is 0 Å². The van der Waals surface area contributed by atoms with Gasteiger partial charge < -0.3 is 20.3 Å². The second kappa shape index (κ2) is 9.02. The molecule has 5 nitrogen and oxygen atoms in total. The summed E-state index contributed by atoms with van der Waals surface area (Å²) in [5, 5.41) is 0. The van der Waals surface area contributed by atoms with Crippen molar-refractivity contribution in [3.8, 4) is 11.1 Å². The third-order valence-electron chi connectivity index (χ3n) is 6.90. The van der Waals surface area contributed by atoms with Crippen LogP contribution in [0.3, 0.4) is 0 Å². The number of piperazine rings is 1. The molecule has 0 radical (unpaired) electrons. The Kier molecular flexibility index (Phi) is 5.94. The van der Waals surface area contributed by atoms with Crippen molar-refractivity contribution in [3.63, 3.8) is 0 Å². The largest absolute Gasteiger partial charge is 0.448 e. The number of hydrogen-bond donors (Lipinski definition) is 2. The van der Waals surface area contributed by atoms with Crippen LogP contribution < -0.4 is 10.6 Å². The fraction of sp³-hybridized carbons (Fsp3) is 0.296. The first kappa shape index (κ1) is 21.7. The van der Waals surface area contributed by atoms with Gasteiger partial charge in [-0.25, -0.2) is 4.79 Å². The Hall–Kier alpha value is -3.12. The number of benzene rings is 3. The summed E-state index contributed by atoms with van der Waals surface area (Å²) in [6, 6.07) is 20.8. The first-order chi connectivity index (χ1) is 16.1. The molecule has 1 amide bonds. The molecule has 3 aromatic carbocycles. The van der Waals surface area contributed by atoms with Crippen molar-refractivity contribution in [3.05, 3.63) is 82.9 Å². The molecule has 0 unspecified atom stereocenters. The Morgan fingerprint density at radius 1 is 1.00 bits per heavy atom. The fourth-order valence-corrected chi connectivity index (χ4v) is 5.42. The van der Waals surface area contributed by atoms with Crippen molar-refractivity contribution >= 4 is 30.1 Å². The molecule has 0 spiro atoms. The lowest BCUT2D eigenvalue weighted by molar-refractivity contribution is 0.0977. The summed E-state index contributed by atoms with van der Waals surface area (Å²) in [4.78, 5) is 17.0. The van der Waals surface area contributed by atoms with E-state index in [0.717, 1.165) is 30.0 Å². The predicted octanol–water partition coefficient (Wildman–Crippen LogP) is 5.08. The van der Waals surface area contributed by atoms with Crippen LogP contribution in [0.15, 0.2) is 60.7 Å². The van der Waals surface area contributed by atoms with Crippen LogP contribution in [0.5, 0.6) is 0 Å². The molecule has 1 saturated heterocycles. The Bertz CT molecular complexity index is 1140. The zero-order valence-corrected chi connectivity index (χ0v) is 19.7. The first-order valence-corrected chi connectivity index (χ1v) is 12.0. The van der Waals surface area contributed by atoms with E-state index in [2.05, 4.69) is 73.0 Å². The molecule has 170 valence electrons. The van der Waals surface area contributed by atoms with Gasteiger partial charge in [-0.2, -0.15) is 12.6 Å². The number of amides is 1. The number of nitrogens with two attached hydrogens (primary N) is 1. The van der Waals surface area contributed by atoms with Gasteiger partial charge in [0.1, 0.15) is 6.61 Å². The predicted molar refractivity (Wildman–Crippen MR) is 137 cm³/mol. The van der Waals surface area contributed by atoms with Gasteiger partial charge in [-0.1, -0.05) is 48.5 Å². The number of nitrogens with zero attached hydrogens (tertiary/aromatic N) is 2. The third-order valence-corrected chi connectivity index (χ3v) is 7.24. The molecule has 3 aromatic rings. The molecule has 5 rings (SSSR count). The average Bonchev–Trinajstić information content (AvgIpc) is 3.17. The van der Waals surface area contributed by atoms with E-state index < -0.39 is 0 Å². The zero-order chi connectivity index (χ0) is 22.9. The van der Waals surface area contributed by atoms with Gasteiger partial charge in [0.05, 0.1) is 0 Å². The third kappa shape index (κ3) is 4.04. The highest BCUT2D eigenvalue weighted by Gasteiger charge is 2.30. The van der Waals surface area contributed by atoms with Crippen molar-refractivity contribution in [2.75, 3.05) is 43.4 Å². The van der Waals surface area contributed by atoms with Crippen LogP contribution in [-0.4, -0.2) is 43.8 Å². The molecule has 1 fully saturated rings. The highest BCUT2D eigenvalue weighted by atomic mass is 32.1. The minimum absolute atomic E-state index is 0.0808. The van der Waals surface area contributed by atoms with Crippen LogP contribution >= 0.6 is 12.6 Å². The van der Waals surface area contributed by atoms with Crippen molar-refractivity contribution in [1.82, 2.24) is 4.90 Å². The van der Waals surface area contributed by atoms with Gasteiger partial charge in [-0.05, 0) is 52.4 Å². The standard InChI is InChI=1S/C27H29N3O2S/c1-18-19(17-33)14-20(28)15-26(18)29-10-12-30(13-11-29)27(31)32-16-25-23-8-4-2-6-21(23)22-7-3-5-9-24(22)25/h2-9,14-15,25,33H,10-13,16-17,28H2,1H3. The summed E-state index contributed by atoms with van der Waals surface area (Å²) in [6.07, 6.45) is -0.239. The molecule has 6 heteroatoms. The quantitative estimate of drug-likeness (QED) is 0.422. The van der Waals surface area contributed by atoms with Crippen LogP contribution in [0, 0.1) is 6.92 Å². The average molecular weight is 460 g/mol. The van der Waals surface area contributed by atoms with E-state index in [0.29, 0.717) is 25.4 Å². The van der Waals surface area contributed by atoms with Crippen LogP contribution in [0.1, 0.15) is 28.2 Å². The highest BCUT2D eigenvalue weighted by Crippen LogP contribution is 2.44.